The smallest absolute Gasteiger partial charge is 0.275 e. The lowest BCUT2D eigenvalue weighted by Crippen LogP contribution is -2.12. The highest BCUT2D eigenvalue weighted by Gasteiger charge is 2.13. The minimum Gasteiger partial charge on any atom is -0.441 e. The summed E-state index contributed by atoms with van der Waals surface area (Å²) in [5, 5.41) is 5.13. The summed E-state index contributed by atoms with van der Waals surface area (Å²) in [5.41, 5.74) is 3.04. The average Bonchev–Trinajstić information content (AvgIpc) is 3.21. The fourth-order valence-electron chi connectivity index (χ4n) is 2.42. The second kappa shape index (κ2) is 6.10. The van der Waals surface area contributed by atoms with E-state index in [1.54, 1.807) is 42.6 Å². The first-order valence-corrected chi connectivity index (χ1v) is 8.36. The van der Waals surface area contributed by atoms with Crippen LogP contribution in [0.25, 0.3) is 21.7 Å². The topological polar surface area (TPSA) is 68.0 Å². The first-order chi connectivity index (χ1) is 12.1. The van der Waals surface area contributed by atoms with Crippen LogP contribution in [0.2, 0.25) is 0 Å². The summed E-state index contributed by atoms with van der Waals surface area (Å²) in [6, 6.07) is 11.3. The molecule has 4 aromatic rings. The molecule has 2 aromatic carbocycles. The number of fused-ring (bicyclic) bond motifs is 1. The Morgan fingerprint density at radius 3 is 2.76 bits per heavy atom. The van der Waals surface area contributed by atoms with Crippen molar-refractivity contribution in [1.29, 1.82) is 0 Å². The maximum absolute atomic E-state index is 13.0. The van der Waals surface area contributed by atoms with Gasteiger partial charge in [-0.15, -0.1) is 11.3 Å². The maximum Gasteiger partial charge on any atom is 0.275 e. The number of carbonyl (C=O) groups is 1. The minimum atomic E-state index is -0.316. The van der Waals surface area contributed by atoms with Crippen LogP contribution in [-0.2, 0) is 0 Å². The zero-order valence-corrected chi connectivity index (χ0v) is 13.9. The zero-order chi connectivity index (χ0) is 17.4. The van der Waals surface area contributed by atoms with Crippen molar-refractivity contribution >= 4 is 34.0 Å². The third-order valence-corrected chi connectivity index (χ3v) is 4.47. The second-order valence-electron chi connectivity index (χ2n) is 5.41. The van der Waals surface area contributed by atoms with Gasteiger partial charge in [-0.2, -0.15) is 0 Å². The summed E-state index contributed by atoms with van der Waals surface area (Å²) in [6.07, 6.45) is 0. The van der Waals surface area contributed by atoms with Gasteiger partial charge in [0.25, 0.3) is 5.91 Å². The van der Waals surface area contributed by atoms with Crippen LogP contribution in [0.3, 0.4) is 0 Å². The van der Waals surface area contributed by atoms with Crippen LogP contribution in [-0.4, -0.2) is 15.9 Å². The molecule has 2 aromatic heterocycles. The van der Waals surface area contributed by atoms with Gasteiger partial charge in [-0.05, 0) is 42.5 Å². The van der Waals surface area contributed by atoms with Gasteiger partial charge >= 0.3 is 0 Å². The molecule has 25 heavy (non-hydrogen) atoms. The summed E-state index contributed by atoms with van der Waals surface area (Å²) in [7, 11) is 0. The molecule has 124 valence electrons. The molecule has 0 unspecified atom stereocenters. The molecule has 0 spiro atoms. The number of hydrogen-bond donors (Lipinski definition) is 1. The summed E-state index contributed by atoms with van der Waals surface area (Å²) < 4.78 is 18.4. The lowest BCUT2D eigenvalue weighted by Gasteiger charge is -2.02. The van der Waals surface area contributed by atoms with Crippen molar-refractivity contribution in [2.75, 3.05) is 5.32 Å². The van der Waals surface area contributed by atoms with Crippen LogP contribution in [0.4, 0.5) is 10.1 Å². The first kappa shape index (κ1) is 15.5. The molecule has 0 bridgehead atoms. The van der Waals surface area contributed by atoms with Gasteiger partial charge in [0.2, 0.25) is 0 Å². The predicted octanol–water partition coefficient (Wildman–Crippen LogP) is 4.65. The van der Waals surface area contributed by atoms with Crippen molar-refractivity contribution in [3.05, 3.63) is 65.2 Å². The number of oxazole rings is 1. The van der Waals surface area contributed by atoms with Gasteiger partial charge < -0.3 is 9.73 Å². The summed E-state index contributed by atoms with van der Waals surface area (Å²) in [6.45, 7) is 1.77. The van der Waals surface area contributed by atoms with Crippen molar-refractivity contribution in [1.82, 2.24) is 9.97 Å². The average molecular weight is 353 g/mol. The van der Waals surface area contributed by atoms with Gasteiger partial charge in [0, 0.05) is 23.6 Å². The molecule has 4 rings (SSSR count). The lowest BCUT2D eigenvalue weighted by molar-refractivity contribution is 0.102. The number of aryl methyl sites for hydroxylation is 1. The summed E-state index contributed by atoms with van der Waals surface area (Å²) >= 11 is 1.33. The molecule has 0 aliphatic rings. The number of rotatable bonds is 3. The second-order valence-corrected chi connectivity index (χ2v) is 6.27. The zero-order valence-electron chi connectivity index (χ0n) is 13.1. The van der Waals surface area contributed by atoms with E-state index in [9.17, 15) is 9.18 Å². The third-order valence-electron chi connectivity index (χ3n) is 3.58. The molecule has 1 N–H and O–H groups in total. The number of aromatic nitrogens is 2. The molecular weight excluding hydrogens is 341 g/mol. The Balaban J connectivity index is 1.55. The van der Waals surface area contributed by atoms with Gasteiger partial charge in [0.15, 0.2) is 11.5 Å². The number of carbonyl (C=O) groups excluding carboxylic acids is 1. The van der Waals surface area contributed by atoms with Gasteiger partial charge in [-0.25, -0.2) is 14.4 Å². The van der Waals surface area contributed by atoms with Crippen LogP contribution in [0.1, 0.15) is 16.4 Å². The molecule has 1 amide bonds. The number of hydrogen-bond acceptors (Lipinski definition) is 5. The Bertz CT molecular complexity index is 1070. The molecular formula is C18H12FN3O2S. The summed E-state index contributed by atoms with van der Waals surface area (Å²) in [4.78, 5) is 20.9. The van der Waals surface area contributed by atoms with E-state index >= 15 is 0 Å². The predicted molar refractivity (Wildman–Crippen MR) is 94.2 cm³/mol. The number of thiazole rings is 1. The number of benzene rings is 2. The molecule has 0 saturated heterocycles. The van der Waals surface area contributed by atoms with Crippen LogP contribution in [0, 0.1) is 12.7 Å². The van der Waals surface area contributed by atoms with Crippen molar-refractivity contribution in [3.63, 3.8) is 0 Å². The molecule has 0 saturated carbocycles. The molecule has 5 nitrogen and oxygen atoms in total. The number of amides is 1. The van der Waals surface area contributed by atoms with E-state index in [1.165, 1.54) is 23.5 Å². The molecule has 0 atom stereocenters. The minimum absolute atomic E-state index is 0.306. The van der Waals surface area contributed by atoms with Gasteiger partial charge in [-0.3, -0.25) is 4.79 Å². The fraction of sp³-hybridized carbons (Fsp3) is 0.0556. The normalized spacial score (nSPS) is 11.0. The number of nitrogens with one attached hydrogen (secondary N) is 1. The number of nitrogens with zero attached hydrogens (tertiary/aromatic N) is 2. The van der Waals surface area contributed by atoms with Crippen LogP contribution in [0.15, 0.2) is 52.3 Å². The highest BCUT2D eigenvalue weighted by atomic mass is 32.1. The Morgan fingerprint density at radius 2 is 1.96 bits per heavy atom. The quantitative estimate of drug-likeness (QED) is 0.582. The number of anilines is 1. The Kier molecular flexibility index (Phi) is 3.77. The van der Waals surface area contributed by atoms with E-state index in [2.05, 4.69) is 15.3 Å². The Labute approximate surface area is 146 Å². The van der Waals surface area contributed by atoms with Crippen LogP contribution < -0.4 is 5.32 Å². The van der Waals surface area contributed by atoms with E-state index in [1.807, 2.05) is 0 Å². The van der Waals surface area contributed by atoms with Crippen molar-refractivity contribution in [2.45, 2.75) is 6.92 Å². The van der Waals surface area contributed by atoms with Crippen molar-refractivity contribution in [2.24, 2.45) is 0 Å². The molecule has 0 fully saturated rings. The largest absolute Gasteiger partial charge is 0.441 e. The highest BCUT2D eigenvalue weighted by molar-refractivity contribution is 7.13. The fourth-order valence-corrected chi connectivity index (χ4v) is 3.22. The van der Waals surface area contributed by atoms with E-state index in [0.717, 1.165) is 5.56 Å². The Morgan fingerprint density at radius 1 is 1.16 bits per heavy atom. The van der Waals surface area contributed by atoms with Crippen molar-refractivity contribution < 1.29 is 13.6 Å². The molecule has 0 aliphatic carbocycles. The van der Waals surface area contributed by atoms with Crippen molar-refractivity contribution in [3.8, 4) is 10.6 Å². The maximum atomic E-state index is 13.0. The third kappa shape index (κ3) is 3.14. The lowest BCUT2D eigenvalue weighted by atomic mass is 10.2. The molecule has 7 heteroatoms. The van der Waals surface area contributed by atoms with Gasteiger partial charge in [-0.1, -0.05) is 0 Å². The van der Waals surface area contributed by atoms with E-state index in [4.69, 9.17) is 4.42 Å². The Hall–Kier alpha value is -3.06. The standard InChI is InChI=1S/C18H12FN3O2S/c1-10-20-14-8-13(6-7-16(14)24-10)21-17(23)15-9-25-18(22-15)11-2-4-12(19)5-3-11/h2-9H,1H3,(H,21,23). The SMILES string of the molecule is Cc1nc2cc(NC(=O)c3csc(-c4ccc(F)cc4)n3)ccc2o1. The van der Waals surface area contributed by atoms with E-state index in [0.29, 0.717) is 33.4 Å². The first-order valence-electron chi connectivity index (χ1n) is 7.48. The van der Waals surface area contributed by atoms with E-state index in [-0.39, 0.29) is 11.7 Å². The molecule has 2 heterocycles. The summed E-state index contributed by atoms with van der Waals surface area (Å²) in [5.74, 6) is -0.0529. The highest BCUT2D eigenvalue weighted by Crippen LogP contribution is 2.25. The van der Waals surface area contributed by atoms with Crippen LogP contribution in [0.5, 0.6) is 0 Å². The number of halogens is 1. The monoisotopic (exact) mass is 353 g/mol. The van der Waals surface area contributed by atoms with Crippen LogP contribution >= 0.6 is 11.3 Å². The van der Waals surface area contributed by atoms with Gasteiger partial charge in [0.05, 0.1) is 0 Å². The van der Waals surface area contributed by atoms with Gasteiger partial charge in [0.1, 0.15) is 22.0 Å². The van der Waals surface area contributed by atoms with E-state index < -0.39 is 0 Å². The molecule has 0 radical (unpaired) electrons. The molecule has 0 aliphatic heterocycles.